The summed E-state index contributed by atoms with van der Waals surface area (Å²) in [5.41, 5.74) is 0. The highest BCUT2D eigenvalue weighted by Crippen LogP contribution is 2.23. The molecule has 3 fully saturated rings. The molecule has 0 aromatic rings. The average molecular weight is 368 g/mol. The Labute approximate surface area is 158 Å². The van der Waals surface area contributed by atoms with Gasteiger partial charge in [0.2, 0.25) is 5.91 Å². The number of ether oxygens (including phenoxy) is 2. The molecule has 0 aliphatic carbocycles. The van der Waals surface area contributed by atoms with Gasteiger partial charge < -0.3 is 24.6 Å². The lowest BCUT2D eigenvalue weighted by molar-refractivity contribution is -0.127. The third kappa shape index (κ3) is 5.91. The number of carbonyl (C=O) groups is 1. The van der Waals surface area contributed by atoms with E-state index < -0.39 is 0 Å². The Hall–Kier alpha value is -0.690. The summed E-state index contributed by atoms with van der Waals surface area (Å²) in [4.78, 5) is 17.6. The standard InChI is InChI=1S/C20H37N3O3/c1-25-14-11-22-8-2-3-17(16-22)15-21-20(24)18-4-9-23(10-5-18)19-6-12-26-13-7-19/h17-19H,2-16H2,1H3,(H,21,24)/t17-/m0/s1. The topological polar surface area (TPSA) is 54.0 Å². The molecule has 6 nitrogen and oxygen atoms in total. The number of hydrogen-bond donors (Lipinski definition) is 1. The smallest absolute Gasteiger partial charge is 0.223 e. The summed E-state index contributed by atoms with van der Waals surface area (Å²) in [5.74, 6) is 1.08. The molecule has 3 rings (SSSR count). The molecular formula is C20H37N3O3. The Balaban J connectivity index is 1.34. The van der Waals surface area contributed by atoms with Crippen LogP contribution in [-0.2, 0) is 14.3 Å². The molecule has 3 heterocycles. The van der Waals surface area contributed by atoms with Gasteiger partial charge in [-0.15, -0.1) is 0 Å². The Morgan fingerprint density at radius 3 is 2.62 bits per heavy atom. The van der Waals surface area contributed by atoms with E-state index in [2.05, 4.69) is 15.1 Å². The number of nitrogens with one attached hydrogen (secondary N) is 1. The third-order valence-corrected chi connectivity index (χ3v) is 6.39. The van der Waals surface area contributed by atoms with Gasteiger partial charge in [-0.1, -0.05) is 0 Å². The molecule has 1 atom stereocenters. The fourth-order valence-corrected chi connectivity index (χ4v) is 4.71. The number of methoxy groups -OCH3 is 1. The van der Waals surface area contributed by atoms with Crippen molar-refractivity contribution in [2.45, 2.75) is 44.6 Å². The van der Waals surface area contributed by atoms with E-state index in [-0.39, 0.29) is 11.8 Å². The molecule has 6 heteroatoms. The summed E-state index contributed by atoms with van der Waals surface area (Å²) in [5, 5.41) is 3.26. The van der Waals surface area contributed by atoms with Crippen molar-refractivity contribution in [1.82, 2.24) is 15.1 Å². The average Bonchev–Trinajstić information content (AvgIpc) is 2.71. The van der Waals surface area contributed by atoms with E-state index in [9.17, 15) is 4.79 Å². The van der Waals surface area contributed by atoms with Crippen molar-refractivity contribution in [2.24, 2.45) is 11.8 Å². The minimum atomic E-state index is 0.208. The van der Waals surface area contributed by atoms with Gasteiger partial charge in [-0.2, -0.15) is 0 Å². The van der Waals surface area contributed by atoms with Crippen LogP contribution in [0, 0.1) is 11.8 Å². The van der Waals surface area contributed by atoms with Crippen molar-refractivity contribution in [1.29, 1.82) is 0 Å². The summed E-state index contributed by atoms with van der Waals surface area (Å²) in [6, 6.07) is 0.674. The van der Waals surface area contributed by atoms with Gasteiger partial charge in [-0.25, -0.2) is 0 Å². The molecule has 1 amide bonds. The second kappa shape index (κ2) is 10.6. The first-order valence-electron chi connectivity index (χ1n) is 10.6. The Morgan fingerprint density at radius 1 is 1.12 bits per heavy atom. The molecular weight excluding hydrogens is 330 g/mol. The van der Waals surface area contributed by atoms with Crippen LogP contribution < -0.4 is 5.32 Å². The van der Waals surface area contributed by atoms with Crippen LogP contribution in [0.3, 0.4) is 0 Å². The van der Waals surface area contributed by atoms with Crippen molar-refractivity contribution in [3.8, 4) is 0 Å². The second-order valence-corrected chi connectivity index (χ2v) is 8.20. The summed E-state index contributed by atoms with van der Waals surface area (Å²) < 4.78 is 10.7. The van der Waals surface area contributed by atoms with Gasteiger partial charge in [0, 0.05) is 51.9 Å². The number of carbonyl (C=O) groups excluding carboxylic acids is 1. The first kappa shape index (κ1) is 20.1. The van der Waals surface area contributed by atoms with E-state index in [1.807, 2.05) is 0 Å². The minimum absolute atomic E-state index is 0.208. The quantitative estimate of drug-likeness (QED) is 0.736. The third-order valence-electron chi connectivity index (χ3n) is 6.39. The molecule has 0 bridgehead atoms. The van der Waals surface area contributed by atoms with Crippen molar-refractivity contribution in [2.75, 3.05) is 66.2 Å². The molecule has 0 saturated carbocycles. The van der Waals surface area contributed by atoms with Crippen LogP contribution in [0.1, 0.15) is 38.5 Å². The highest BCUT2D eigenvalue weighted by atomic mass is 16.5. The van der Waals surface area contributed by atoms with Gasteiger partial charge in [0.25, 0.3) is 0 Å². The lowest BCUT2D eigenvalue weighted by Gasteiger charge is -2.39. The fourth-order valence-electron chi connectivity index (χ4n) is 4.71. The van der Waals surface area contributed by atoms with Gasteiger partial charge in [-0.3, -0.25) is 4.79 Å². The highest BCUT2D eigenvalue weighted by Gasteiger charge is 2.30. The van der Waals surface area contributed by atoms with Crippen LogP contribution in [0.5, 0.6) is 0 Å². The van der Waals surface area contributed by atoms with Crippen LogP contribution in [-0.4, -0.2) is 87.9 Å². The lowest BCUT2D eigenvalue weighted by Crippen LogP contribution is -2.47. The summed E-state index contributed by atoms with van der Waals surface area (Å²) >= 11 is 0. The van der Waals surface area contributed by atoms with E-state index in [1.54, 1.807) is 7.11 Å². The van der Waals surface area contributed by atoms with E-state index in [0.29, 0.717) is 12.0 Å². The highest BCUT2D eigenvalue weighted by molar-refractivity contribution is 5.78. The predicted octanol–water partition coefficient (Wildman–Crippen LogP) is 1.35. The van der Waals surface area contributed by atoms with Crippen molar-refractivity contribution in [3.05, 3.63) is 0 Å². The number of hydrogen-bond acceptors (Lipinski definition) is 5. The number of piperidine rings is 2. The first-order valence-corrected chi connectivity index (χ1v) is 10.6. The van der Waals surface area contributed by atoms with Crippen LogP contribution >= 0.6 is 0 Å². The summed E-state index contributed by atoms with van der Waals surface area (Å²) in [7, 11) is 1.76. The van der Waals surface area contributed by atoms with Crippen LogP contribution in [0.15, 0.2) is 0 Å². The predicted molar refractivity (Wildman–Crippen MR) is 102 cm³/mol. The lowest BCUT2D eigenvalue weighted by atomic mass is 9.92. The molecule has 26 heavy (non-hydrogen) atoms. The number of amides is 1. The number of likely N-dealkylation sites (tertiary alicyclic amines) is 2. The van der Waals surface area contributed by atoms with E-state index in [1.165, 1.54) is 19.4 Å². The maximum atomic E-state index is 12.6. The molecule has 150 valence electrons. The zero-order chi connectivity index (χ0) is 18.2. The maximum Gasteiger partial charge on any atom is 0.223 e. The molecule has 0 aromatic carbocycles. The number of rotatable bonds is 7. The zero-order valence-electron chi connectivity index (χ0n) is 16.5. The molecule has 3 aliphatic rings. The molecule has 0 radical (unpaired) electrons. The molecule has 0 aromatic heterocycles. The minimum Gasteiger partial charge on any atom is -0.383 e. The Kier molecular flexibility index (Phi) is 8.17. The Bertz CT molecular complexity index is 421. The van der Waals surface area contributed by atoms with Gasteiger partial charge in [-0.05, 0) is 64.1 Å². The SMILES string of the molecule is COCCN1CCC[C@@H](CNC(=O)C2CCN(C3CCOCC3)CC2)C1. The van der Waals surface area contributed by atoms with E-state index >= 15 is 0 Å². The Morgan fingerprint density at radius 2 is 1.88 bits per heavy atom. The van der Waals surface area contributed by atoms with Crippen molar-refractivity contribution in [3.63, 3.8) is 0 Å². The summed E-state index contributed by atoms with van der Waals surface area (Å²) in [6.07, 6.45) is 6.78. The largest absolute Gasteiger partial charge is 0.383 e. The van der Waals surface area contributed by atoms with E-state index in [4.69, 9.17) is 9.47 Å². The molecule has 3 aliphatic heterocycles. The van der Waals surface area contributed by atoms with Crippen LogP contribution in [0.4, 0.5) is 0 Å². The van der Waals surface area contributed by atoms with Crippen molar-refractivity contribution < 1.29 is 14.3 Å². The number of nitrogens with zero attached hydrogens (tertiary/aromatic N) is 2. The molecule has 0 spiro atoms. The van der Waals surface area contributed by atoms with Gasteiger partial charge in [0.15, 0.2) is 0 Å². The normalized spacial score (nSPS) is 27.5. The van der Waals surface area contributed by atoms with Gasteiger partial charge >= 0.3 is 0 Å². The van der Waals surface area contributed by atoms with Gasteiger partial charge in [0.1, 0.15) is 0 Å². The van der Waals surface area contributed by atoms with Crippen molar-refractivity contribution >= 4 is 5.91 Å². The van der Waals surface area contributed by atoms with Crippen LogP contribution in [0.25, 0.3) is 0 Å². The molecule has 0 unspecified atom stereocenters. The fraction of sp³-hybridized carbons (Fsp3) is 0.950. The zero-order valence-corrected chi connectivity index (χ0v) is 16.5. The van der Waals surface area contributed by atoms with Gasteiger partial charge in [0.05, 0.1) is 6.61 Å². The molecule has 3 saturated heterocycles. The van der Waals surface area contributed by atoms with E-state index in [0.717, 1.165) is 78.2 Å². The summed E-state index contributed by atoms with van der Waals surface area (Å²) in [6.45, 7) is 8.82. The molecule has 1 N–H and O–H groups in total. The monoisotopic (exact) mass is 367 g/mol. The van der Waals surface area contributed by atoms with Crippen LogP contribution in [0.2, 0.25) is 0 Å². The second-order valence-electron chi connectivity index (χ2n) is 8.20. The first-order chi connectivity index (χ1) is 12.8. The maximum absolute atomic E-state index is 12.6.